The second kappa shape index (κ2) is 8.46. The van der Waals surface area contributed by atoms with Crippen molar-refractivity contribution < 1.29 is 9.59 Å². The molecule has 3 aromatic rings. The largest absolute Gasteiger partial charge is 0.329 e. The number of nitrogens with zero attached hydrogens (tertiary/aromatic N) is 3. The van der Waals surface area contributed by atoms with Gasteiger partial charge in [0.15, 0.2) is 0 Å². The van der Waals surface area contributed by atoms with E-state index in [1.54, 1.807) is 62.0 Å². The number of carbonyl (C=O) groups excluding carboxylic acids is 2. The van der Waals surface area contributed by atoms with Gasteiger partial charge in [0, 0.05) is 7.05 Å². The molecule has 150 valence electrons. The first-order valence-electron chi connectivity index (χ1n) is 8.55. The molecule has 3 rings (SSSR count). The van der Waals surface area contributed by atoms with Gasteiger partial charge in [-0.2, -0.15) is 5.10 Å². The van der Waals surface area contributed by atoms with Gasteiger partial charge in [-0.15, -0.1) is 11.3 Å². The zero-order valence-electron chi connectivity index (χ0n) is 15.9. The first-order chi connectivity index (χ1) is 13.8. The number of hydrogen-bond donors (Lipinski definition) is 2. The Bertz CT molecular complexity index is 1160. The molecule has 0 aliphatic heterocycles. The Morgan fingerprint density at radius 1 is 1.10 bits per heavy atom. The van der Waals surface area contributed by atoms with E-state index < -0.39 is 17.4 Å². The fourth-order valence-corrected chi connectivity index (χ4v) is 3.62. The van der Waals surface area contributed by atoms with Crippen molar-refractivity contribution >= 4 is 46.2 Å². The van der Waals surface area contributed by atoms with Crippen LogP contribution in [0.4, 0.5) is 5.69 Å². The summed E-state index contributed by atoms with van der Waals surface area (Å²) in [6.07, 6.45) is 0. The summed E-state index contributed by atoms with van der Waals surface area (Å²) in [5, 5.41) is 6.29. The second-order valence-corrected chi connectivity index (χ2v) is 7.85. The van der Waals surface area contributed by atoms with E-state index >= 15 is 0 Å². The van der Waals surface area contributed by atoms with Crippen molar-refractivity contribution in [3.05, 3.63) is 67.7 Å². The van der Waals surface area contributed by atoms with Gasteiger partial charge in [-0.05, 0) is 38.1 Å². The normalized spacial score (nSPS) is 11.4. The van der Waals surface area contributed by atoms with E-state index in [9.17, 15) is 14.4 Å². The Kier molecular flexibility index (Phi) is 6.00. The van der Waals surface area contributed by atoms with Gasteiger partial charge in [-0.3, -0.25) is 19.1 Å². The van der Waals surface area contributed by atoms with Crippen LogP contribution in [-0.4, -0.2) is 26.9 Å². The molecule has 8 nitrogen and oxygen atoms in total. The van der Waals surface area contributed by atoms with Crippen molar-refractivity contribution in [1.29, 1.82) is 0 Å². The minimum absolute atomic E-state index is 0.0299. The van der Waals surface area contributed by atoms with Crippen LogP contribution in [0.15, 0.2) is 52.4 Å². The molecule has 0 aliphatic rings. The molecule has 0 spiro atoms. The maximum atomic E-state index is 12.8. The third kappa shape index (κ3) is 4.30. The van der Waals surface area contributed by atoms with Gasteiger partial charge in [0.05, 0.1) is 26.3 Å². The minimum Gasteiger partial charge on any atom is -0.311 e. The maximum absolute atomic E-state index is 12.8. The van der Waals surface area contributed by atoms with Gasteiger partial charge in [0.2, 0.25) is 0 Å². The van der Waals surface area contributed by atoms with Gasteiger partial charge in [-0.25, -0.2) is 10.1 Å². The number of amides is 2. The molecule has 0 radical (unpaired) electrons. The standard InChI is InChI=1S/C19H18ClN5O3S/c1-11(14-9-10-15(20)29-14)22-23-18(27)17(26)21-16-12(2)24(3)25(19(16)28)13-7-5-4-6-8-13/h4-10H,1-3H3,(H,21,26)(H,23,27)/b22-11+. The number of carbonyl (C=O) groups is 2. The Hall–Kier alpha value is -3.17. The van der Waals surface area contributed by atoms with E-state index in [2.05, 4.69) is 15.8 Å². The predicted molar refractivity (Wildman–Crippen MR) is 114 cm³/mol. The Labute approximate surface area is 175 Å². The molecule has 0 atom stereocenters. The molecule has 0 fully saturated rings. The van der Waals surface area contributed by atoms with Crippen LogP contribution in [0.2, 0.25) is 4.34 Å². The minimum atomic E-state index is -0.989. The average molecular weight is 432 g/mol. The van der Waals surface area contributed by atoms with Gasteiger partial charge < -0.3 is 5.32 Å². The van der Waals surface area contributed by atoms with Crippen molar-refractivity contribution in [1.82, 2.24) is 14.8 Å². The molecule has 2 amide bonds. The quantitative estimate of drug-likeness (QED) is 0.377. The fraction of sp³-hybridized carbons (Fsp3) is 0.158. The lowest BCUT2D eigenvalue weighted by Crippen LogP contribution is -2.34. The van der Waals surface area contributed by atoms with Crippen molar-refractivity contribution in [3.63, 3.8) is 0 Å². The SMILES string of the molecule is C/C(=N\NC(=O)C(=O)Nc1c(C)n(C)n(-c2ccccc2)c1=O)c1ccc(Cl)s1. The molecule has 0 saturated heterocycles. The molecule has 2 heterocycles. The van der Waals surface area contributed by atoms with E-state index in [0.29, 0.717) is 21.4 Å². The number of rotatable bonds is 4. The summed E-state index contributed by atoms with van der Waals surface area (Å²) in [5.41, 5.74) is 3.43. The highest BCUT2D eigenvalue weighted by molar-refractivity contribution is 7.18. The fourth-order valence-electron chi connectivity index (χ4n) is 2.63. The zero-order chi connectivity index (χ0) is 21.1. The average Bonchev–Trinajstić information content (AvgIpc) is 3.23. The molecular formula is C19H18ClN5O3S. The molecule has 1 aromatic carbocycles. The molecule has 2 N–H and O–H groups in total. The van der Waals surface area contributed by atoms with Crippen molar-refractivity contribution in [3.8, 4) is 5.69 Å². The summed E-state index contributed by atoms with van der Waals surface area (Å²) in [4.78, 5) is 37.9. The first kappa shape index (κ1) is 20.6. The molecular weight excluding hydrogens is 414 g/mol. The van der Waals surface area contributed by atoms with Crippen LogP contribution < -0.4 is 16.3 Å². The summed E-state index contributed by atoms with van der Waals surface area (Å²) >= 11 is 7.18. The van der Waals surface area contributed by atoms with E-state index in [1.807, 2.05) is 6.07 Å². The van der Waals surface area contributed by atoms with Crippen LogP contribution in [0, 0.1) is 6.92 Å². The molecule has 2 aromatic heterocycles. The van der Waals surface area contributed by atoms with E-state index in [0.717, 1.165) is 4.88 Å². The van der Waals surface area contributed by atoms with Crippen LogP contribution in [0.3, 0.4) is 0 Å². The van der Waals surface area contributed by atoms with Gasteiger partial charge in [0.1, 0.15) is 5.69 Å². The van der Waals surface area contributed by atoms with Crippen LogP contribution in [0.5, 0.6) is 0 Å². The van der Waals surface area contributed by atoms with Crippen LogP contribution in [-0.2, 0) is 16.6 Å². The zero-order valence-corrected chi connectivity index (χ0v) is 17.5. The number of hydrogen-bond acceptors (Lipinski definition) is 5. The van der Waals surface area contributed by atoms with Crippen LogP contribution in [0.25, 0.3) is 5.69 Å². The van der Waals surface area contributed by atoms with Crippen molar-refractivity contribution in [2.24, 2.45) is 12.1 Å². The third-order valence-electron chi connectivity index (χ3n) is 4.25. The summed E-state index contributed by atoms with van der Waals surface area (Å²) in [6, 6.07) is 12.5. The summed E-state index contributed by atoms with van der Waals surface area (Å²) in [7, 11) is 1.69. The van der Waals surface area contributed by atoms with Crippen LogP contribution >= 0.6 is 22.9 Å². The number of aromatic nitrogens is 2. The smallest absolute Gasteiger partial charge is 0.311 e. The Morgan fingerprint density at radius 3 is 2.41 bits per heavy atom. The summed E-state index contributed by atoms with van der Waals surface area (Å²) in [5.74, 6) is -1.97. The number of nitrogens with one attached hydrogen (secondary N) is 2. The number of anilines is 1. The lowest BCUT2D eigenvalue weighted by Gasteiger charge is -2.07. The van der Waals surface area contributed by atoms with Crippen molar-refractivity contribution in [2.75, 3.05) is 5.32 Å². The lowest BCUT2D eigenvalue weighted by molar-refractivity contribution is -0.136. The number of benzene rings is 1. The van der Waals surface area contributed by atoms with Gasteiger partial charge >= 0.3 is 11.8 Å². The Morgan fingerprint density at radius 2 is 1.79 bits per heavy atom. The molecule has 0 bridgehead atoms. The summed E-state index contributed by atoms with van der Waals surface area (Å²) in [6.45, 7) is 3.36. The summed E-state index contributed by atoms with van der Waals surface area (Å²) < 4.78 is 3.60. The van der Waals surface area contributed by atoms with E-state index in [1.165, 1.54) is 16.0 Å². The highest BCUT2D eigenvalue weighted by Crippen LogP contribution is 2.21. The molecule has 10 heteroatoms. The highest BCUT2D eigenvalue weighted by atomic mass is 35.5. The van der Waals surface area contributed by atoms with E-state index in [-0.39, 0.29) is 5.69 Å². The topological polar surface area (TPSA) is 97.5 Å². The monoisotopic (exact) mass is 431 g/mol. The number of para-hydroxylation sites is 1. The van der Waals surface area contributed by atoms with Gasteiger partial charge in [0.25, 0.3) is 5.56 Å². The second-order valence-electron chi connectivity index (χ2n) is 6.13. The number of halogens is 1. The molecule has 0 aliphatic carbocycles. The van der Waals surface area contributed by atoms with Gasteiger partial charge in [-0.1, -0.05) is 29.8 Å². The number of thiophene rings is 1. The van der Waals surface area contributed by atoms with Crippen molar-refractivity contribution in [2.45, 2.75) is 13.8 Å². The Balaban J connectivity index is 1.77. The molecule has 29 heavy (non-hydrogen) atoms. The predicted octanol–water partition coefficient (Wildman–Crippen LogP) is 2.68. The third-order valence-corrected chi connectivity index (χ3v) is 5.59. The number of hydrazone groups is 1. The molecule has 0 unspecified atom stereocenters. The maximum Gasteiger partial charge on any atom is 0.329 e. The highest BCUT2D eigenvalue weighted by Gasteiger charge is 2.21. The van der Waals surface area contributed by atoms with Crippen LogP contribution in [0.1, 0.15) is 17.5 Å². The lowest BCUT2D eigenvalue weighted by atomic mass is 10.3. The molecule has 0 saturated carbocycles. The first-order valence-corrected chi connectivity index (χ1v) is 9.74. The van der Waals surface area contributed by atoms with E-state index in [4.69, 9.17) is 11.6 Å².